The Labute approximate surface area is 115 Å². The smallest absolute Gasteiger partial charge is 0.114 e. The van der Waals surface area contributed by atoms with Crippen LogP contribution in [0, 0.1) is 0 Å². The van der Waals surface area contributed by atoms with E-state index in [1.807, 2.05) is 61.2 Å². The van der Waals surface area contributed by atoms with Crippen LogP contribution in [0.4, 0.5) is 0 Å². The summed E-state index contributed by atoms with van der Waals surface area (Å²) < 4.78 is 1.93. The van der Waals surface area contributed by atoms with E-state index in [4.69, 9.17) is 7.85 Å². The van der Waals surface area contributed by atoms with Gasteiger partial charge >= 0.3 is 0 Å². The van der Waals surface area contributed by atoms with Crippen molar-refractivity contribution in [2.75, 3.05) is 0 Å². The molecule has 2 nitrogen and oxygen atoms in total. The molecular weight excluding hydrogens is 231 g/mol. The van der Waals surface area contributed by atoms with Gasteiger partial charge in [0.1, 0.15) is 7.85 Å². The molecule has 1 heterocycles. The van der Waals surface area contributed by atoms with Gasteiger partial charge in [0.05, 0.1) is 12.1 Å². The second-order valence-corrected chi connectivity index (χ2v) is 4.36. The van der Waals surface area contributed by atoms with E-state index in [1.165, 1.54) is 5.57 Å². The Morgan fingerprint density at radius 3 is 2.84 bits per heavy atom. The Hall–Kier alpha value is -2.03. The van der Waals surface area contributed by atoms with Gasteiger partial charge in [-0.15, -0.1) is 0 Å². The molecule has 0 saturated carbocycles. The molecule has 0 unspecified atom stereocenters. The summed E-state index contributed by atoms with van der Waals surface area (Å²) in [6, 6.07) is 5.81. The van der Waals surface area contributed by atoms with Crippen LogP contribution >= 0.6 is 0 Å². The van der Waals surface area contributed by atoms with Crippen LogP contribution in [-0.4, -0.2) is 17.6 Å². The van der Waals surface area contributed by atoms with Crippen molar-refractivity contribution in [3.05, 3.63) is 60.3 Å². The molecule has 0 aliphatic carbocycles. The summed E-state index contributed by atoms with van der Waals surface area (Å²) in [4.78, 5) is 0. The summed E-state index contributed by atoms with van der Waals surface area (Å²) >= 11 is 0. The SMILES string of the molecule is [B]c1cccc2nn(CC(/C=C\C=C/C)=C/C)cc12. The highest BCUT2D eigenvalue weighted by Crippen LogP contribution is 2.10. The van der Waals surface area contributed by atoms with Crippen LogP contribution in [0.3, 0.4) is 0 Å². The van der Waals surface area contributed by atoms with Gasteiger partial charge in [0.2, 0.25) is 0 Å². The highest BCUT2D eigenvalue weighted by Gasteiger charge is 2.02. The van der Waals surface area contributed by atoms with Crippen LogP contribution < -0.4 is 5.46 Å². The highest BCUT2D eigenvalue weighted by atomic mass is 15.3. The number of fused-ring (bicyclic) bond motifs is 1. The number of benzene rings is 1. The second kappa shape index (κ2) is 6.23. The maximum atomic E-state index is 5.94. The molecule has 19 heavy (non-hydrogen) atoms. The molecule has 0 aliphatic rings. The van der Waals surface area contributed by atoms with E-state index in [0.29, 0.717) is 0 Å². The van der Waals surface area contributed by atoms with Crippen LogP contribution in [-0.2, 0) is 6.54 Å². The Bertz CT molecular complexity index is 648. The molecule has 0 N–H and O–H groups in total. The Morgan fingerprint density at radius 2 is 2.16 bits per heavy atom. The maximum Gasteiger partial charge on any atom is 0.114 e. The zero-order valence-electron chi connectivity index (χ0n) is 11.4. The standard InChI is InChI=1S/C16H17BN2/c1-3-5-6-8-13(4-2)11-19-12-14-15(17)9-7-10-16(14)18-19/h3-10,12H,11H2,1-2H3/b5-3-,8-6-,13-4+. The first kappa shape index (κ1) is 13.4. The van der Waals surface area contributed by atoms with Gasteiger partial charge in [-0.1, -0.05) is 48.0 Å². The van der Waals surface area contributed by atoms with E-state index < -0.39 is 0 Å². The molecule has 0 amide bonds. The molecule has 0 saturated heterocycles. The van der Waals surface area contributed by atoms with E-state index in [1.54, 1.807) is 0 Å². The fraction of sp³-hybridized carbons (Fsp3) is 0.188. The van der Waals surface area contributed by atoms with Crippen LogP contribution in [0.25, 0.3) is 10.9 Å². The number of nitrogens with zero attached hydrogens (tertiary/aromatic N) is 2. The average Bonchev–Trinajstić information content (AvgIpc) is 2.82. The van der Waals surface area contributed by atoms with E-state index in [2.05, 4.69) is 17.3 Å². The summed E-state index contributed by atoms with van der Waals surface area (Å²) in [6.07, 6.45) is 12.2. The molecule has 94 valence electrons. The summed E-state index contributed by atoms with van der Waals surface area (Å²) in [5, 5.41) is 5.54. The molecule has 0 fully saturated rings. The van der Waals surface area contributed by atoms with Gasteiger partial charge in [-0.05, 0) is 25.5 Å². The molecule has 2 radical (unpaired) electrons. The maximum absolute atomic E-state index is 5.94. The second-order valence-electron chi connectivity index (χ2n) is 4.36. The molecule has 3 heteroatoms. The van der Waals surface area contributed by atoms with Crippen molar-refractivity contribution < 1.29 is 0 Å². The highest BCUT2D eigenvalue weighted by molar-refractivity contribution is 6.38. The van der Waals surface area contributed by atoms with Crippen molar-refractivity contribution in [1.82, 2.24) is 9.78 Å². The van der Waals surface area contributed by atoms with Crippen LogP contribution in [0.5, 0.6) is 0 Å². The number of aromatic nitrogens is 2. The lowest BCUT2D eigenvalue weighted by Crippen LogP contribution is -2.01. The van der Waals surface area contributed by atoms with E-state index in [-0.39, 0.29) is 0 Å². The van der Waals surface area contributed by atoms with Crippen molar-refractivity contribution in [2.24, 2.45) is 0 Å². The minimum absolute atomic E-state index is 0.749. The number of rotatable bonds is 4. The fourth-order valence-corrected chi connectivity index (χ4v) is 1.91. The van der Waals surface area contributed by atoms with E-state index >= 15 is 0 Å². The van der Waals surface area contributed by atoms with Gasteiger partial charge in [-0.25, -0.2) is 0 Å². The first-order valence-corrected chi connectivity index (χ1v) is 6.41. The zero-order valence-corrected chi connectivity index (χ0v) is 11.4. The van der Waals surface area contributed by atoms with Crippen LogP contribution in [0.1, 0.15) is 13.8 Å². The molecular formula is C16H17BN2. The number of hydrogen-bond donors (Lipinski definition) is 0. The largest absolute Gasteiger partial charge is 0.267 e. The lowest BCUT2D eigenvalue weighted by Gasteiger charge is -2.01. The molecule has 2 rings (SSSR count). The fourth-order valence-electron chi connectivity index (χ4n) is 1.91. The van der Waals surface area contributed by atoms with Crippen LogP contribution in [0.2, 0.25) is 0 Å². The van der Waals surface area contributed by atoms with E-state index in [0.717, 1.165) is 22.9 Å². The van der Waals surface area contributed by atoms with Gasteiger partial charge in [-0.2, -0.15) is 5.10 Å². The third-order valence-corrected chi connectivity index (χ3v) is 2.96. The van der Waals surface area contributed by atoms with Crippen molar-refractivity contribution in [1.29, 1.82) is 0 Å². The summed E-state index contributed by atoms with van der Waals surface area (Å²) in [6.45, 7) is 4.79. The zero-order chi connectivity index (χ0) is 13.7. The molecule has 2 aromatic rings. The minimum Gasteiger partial charge on any atom is -0.267 e. The van der Waals surface area contributed by atoms with Gasteiger partial charge in [0.25, 0.3) is 0 Å². The molecule has 0 aliphatic heterocycles. The van der Waals surface area contributed by atoms with Gasteiger partial charge in [-0.3, -0.25) is 4.68 Å². The van der Waals surface area contributed by atoms with E-state index in [9.17, 15) is 0 Å². The Kier molecular flexibility index (Phi) is 4.40. The van der Waals surface area contributed by atoms with Crippen molar-refractivity contribution in [3.63, 3.8) is 0 Å². The third-order valence-electron chi connectivity index (χ3n) is 2.96. The first-order chi connectivity index (χ1) is 9.24. The predicted molar refractivity (Wildman–Crippen MR) is 82.8 cm³/mol. The van der Waals surface area contributed by atoms with Crippen LogP contribution in [0.15, 0.2) is 60.3 Å². The van der Waals surface area contributed by atoms with Crippen molar-refractivity contribution in [3.8, 4) is 0 Å². The lowest BCUT2D eigenvalue weighted by atomic mass is 9.93. The minimum atomic E-state index is 0.749. The molecule has 1 aromatic heterocycles. The third kappa shape index (κ3) is 3.25. The van der Waals surface area contributed by atoms with Crippen molar-refractivity contribution >= 4 is 24.2 Å². The lowest BCUT2D eigenvalue weighted by molar-refractivity contribution is 0.694. The average molecular weight is 248 g/mol. The molecule has 0 spiro atoms. The Balaban J connectivity index is 2.23. The molecule has 0 atom stereocenters. The summed E-state index contributed by atoms with van der Waals surface area (Å²) in [5.74, 6) is 0. The van der Waals surface area contributed by atoms with Gasteiger partial charge in [0.15, 0.2) is 0 Å². The number of hydrogen-bond acceptors (Lipinski definition) is 1. The monoisotopic (exact) mass is 248 g/mol. The van der Waals surface area contributed by atoms with Crippen molar-refractivity contribution in [2.45, 2.75) is 20.4 Å². The Morgan fingerprint density at radius 1 is 1.32 bits per heavy atom. The van der Waals surface area contributed by atoms with Gasteiger partial charge in [0, 0.05) is 11.6 Å². The topological polar surface area (TPSA) is 17.8 Å². The normalized spacial score (nSPS) is 13.1. The number of allylic oxidation sites excluding steroid dienone is 6. The first-order valence-electron chi connectivity index (χ1n) is 6.41. The quantitative estimate of drug-likeness (QED) is 0.600. The predicted octanol–water partition coefficient (Wildman–Crippen LogP) is 2.91. The summed E-state index contributed by atoms with van der Waals surface area (Å²) in [7, 11) is 5.94. The summed E-state index contributed by atoms with van der Waals surface area (Å²) in [5.41, 5.74) is 2.92. The molecule has 0 bridgehead atoms. The van der Waals surface area contributed by atoms with Gasteiger partial charge < -0.3 is 0 Å². The molecule has 1 aromatic carbocycles.